The van der Waals surface area contributed by atoms with Crippen LogP contribution in [0.1, 0.15) is 10.4 Å². The molecule has 1 aromatic heterocycles. The van der Waals surface area contributed by atoms with Crippen LogP contribution >= 0.6 is 15.9 Å². The third-order valence-electron chi connectivity index (χ3n) is 3.39. The van der Waals surface area contributed by atoms with Crippen LogP contribution in [0.4, 0.5) is 6.01 Å². The number of benzene rings is 2. The Labute approximate surface area is 152 Å². The lowest BCUT2D eigenvalue weighted by molar-refractivity contribution is 0.102. The Bertz CT molecular complexity index is 893. The van der Waals surface area contributed by atoms with Gasteiger partial charge in [0.2, 0.25) is 0 Å². The van der Waals surface area contributed by atoms with E-state index in [4.69, 9.17) is 13.9 Å². The fourth-order valence-electron chi connectivity index (χ4n) is 2.13. The van der Waals surface area contributed by atoms with E-state index in [-0.39, 0.29) is 17.8 Å². The molecule has 0 saturated heterocycles. The summed E-state index contributed by atoms with van der Waals surface area (Å²) in [5.74, 6) is 1.03. The minimum atomic E-state index is -0.347. The molecule has 0 unspecified atom stereocenters. The van der Waals surface area contributed by atoms with E-state index in [0.717, 1.165) is 4.47 Å². The number of anilines is 1. The predicted molar refractivity (Wildman–Crippen MR) is 94.9 cm³/mol. The maximum absolute atomic E-state index is 12.2. The van der Waals surface area contributed by atoms with Crippen molar-refractivity contribution in [3.05, 3.63) is 52.5 Å². The van der Waals surface area contributed by atoms with Gasteiger partial charge in [0.25, 0.3) is 11.8 Å². The number of aromatic nitrogens is 2. The largest absolute Gasteiger partial charge is 0.497 e. The van der Waals surface area contributed by atoms with Crippen LogP contribution in [0.2, 0.25) is 0 Å². The van der Waals surface area contributed by atoms with Gasteiger partial charge in [-0.3, -0.25) is 10.1 Å². The lowest BCUT2D eigenvalue weighted by Gasteiger charge is -2.07. The number of amides is 1. The summed E-state index contributed by atoms with van der Waals surface area (Å²) < 4.78 is 16.9. The van der Waals surface area contributed by atoms with Gasteiger partial charge in [0.15, 0.2) is 0 Å². The third kappa shape index (κ3) is 3.80. The van der Waals surface area contributed by atoms with Gasteiger partial charge in [0.05, 0.1) is 19.8 Å². The summed E-state index contributed by atoms with van der Waals surface area (Å²) in [5, 5.41) is 10.4. The highest BCUT2D eigenvalue weighted by Crippen LogP contribution is 2.33. The summed E-state index contributed by atoms with van der Waals surface area (Å²) in [6.07, 6.45) is 0. The number of hydrogen-bond acceptors (Lipinski definition) is 6. The second kappa shape index (κ2) is 7.35. The number of ether oxygens (including phenoxy) is 2. The number of hydrogen-bond donors (Lipinski definition) is 1. The Morgan fingerprint density at radius 1 is 1.08 bits per heavy atom. The molecule has 1 N–H and O–H groups in total. The Morgan fingerprint density at radius 3 is 2.52 bits per heavy atom. The maximum Gasteiger partial charge on any atom is 0.322 e. The van der Waals surface area contributed by atoms with Gasteiger partial charge in [-0.1, -0.05) is 21.0 Å². The van der Waals surface area contributed by atoms with Gasteiger partial charge in [-0.2, -0.15) is 0 Å². The standard InChI is InChI=1S/C17H14BrN3O4/c1-23-12-7-8-14(24-2)13(9-12)16-20-21-17(25-16)19-15(22)10-3-5-11(18)6-4-10/h3-9H,1-2H3,(H,19,21,22). The van der Waals surface area contributed by atoms with Gasteiger partial charge in [0.1, 0.15) is 11.5 Å². The number of carbonyl (C=O) groups is 1. The summed E-state index contributed by atoms with van der Waals surface area (Å²) >= 11 is 3.32. The summed E-state index contributed by atoms with van der Waals surface area (Å²) in [5.41, 5.74) is 1.04. The number of nitrogens with zero attached hydrogens (tertiary/aromatic N) is 2. The maximum atomic E-state index is 12.2. The average Bonchev–Trinajstić information content (AvgIpc) is 3.10. The van der Waals surface area contributed by atoms with Gasteiger partial charge < -0.3 is 13.9 Å². The molecule has 7 nitrogen and oxygen atoms in total. The first-order valence-corrected chi connectivity index (χ1v) is 8.03. The van der Waals surface area contributed by atoms with E-state index in [1.807, 2.05) is 0 Å². The molecule has 8 heteroatoms. The number of carbonyl (C=O) groups excluding carboxylic acids is 1. The minimum absolute atomic E-state index is 0.00667. The van der Waals surface area contributed by atoms with Crippen molar-refractivity contribution in [2.24, 2.45) is 0 Å². The molecular formula is C17H14BrN3O4. The number of halogens is 1. The molecule has 0 aliphatic rings. The molecule has 3 aromatic rings. The fourth-order valence-corrected chi connectivity index (χ4v) is 2.40. The topological polar surface area (TPSA) is 86.5 Å². The van der Waals surface area contributed by atoms with E-state index in [1.165, 1.54) is 7.11 Å². The Kier molecular flexibility index (Phi) is 4.99. The first-order valence-electron chi connectivity index (χ1n) is 7.23. The van der Waals surface area contributed by atoms with E-state index in [1.54, 1.807) is 49.6 Å². The Morgan fingerprint density at radius 2 is 1.84 bits per heavy atom. The van der Waals surface area contributed by atoms with Gasteiger partial charge in [-0.25, -0.2) is 0 Å². The Hall–Kier alpha value is -2.87. The van der Waals surface area contributed by atoms with E-state index in [2.05, 4.69) is 31.4 Å². The third-order valence-corrected chi connectivity index (χ3v) is 3.92. The molecule has 0 fully saturated rings. The van der Waals surface area contributed by atoms with Crippen molar-refractivity contribution in [2.45, 2.75) is 0 Å². The van der Waals surface area contributed by atoms with Crippen molar-refractivity contribution in [1.82, 2.24) is 10.2 Å². The summed E-state index contributed by atoms with van der Waals surface area (Å²) in [7, 11) is 3.10. The molecular weight excluding hydrogens is 390 g/mol. The van der Waals surface area contributed by atoms with E-state index < -0.39 is 0 Å². The molecule has 0 spiro atoms. The quantitative estimate of drug-likeness (QED) is 0.697. The van der Waals surface area contributed by atoms with E-state index in [0.29, 0.717) is 22.6 Å². The van der Waals surface area contributed by atoms with Crippen molar-refractivity contribution in [3.8, 4) is 23.0 Å². The van der Waals surface area contributed by atoms with Gasteiger partial charge in [-0.15, -0.1) is 5.10 Å². The molecule has 0 aliphatic heterocycles. The van der Waals surface area contributed by atoms with Crippen molar-refractivity contribution in [1.29, 1.82) is 0 Å². The molecule has 2 aromatic carbocycles. The molecule has 0 radical (unpaired) electrons. The zero-order valence-corrected chi connectivity index (χ0v) is 15.0. The van der Waals surface area contributed by atoms with Crippen LogP contribution in [0.15, 0.2) is 51.4 Å². The van der Waals surface area contributed by atoms with E-state index in [9.17, 15) is 4.79 Å². The van der Waals surface area contributed by atoms with Gasteiger partial charge >= 0.3 is 6.01 Å². The van der Waals surface area contributed by atoms with Crippen LogP contribution in [-0.4, -0.2) is 30.3 Å². The van der Waals surface area contributed by atoms with Gasteiger partial charge in [0, 0.05) is 10.0 Å². The van der Waals surface area contributed by atoms with Crippen molar-refractivity contribution < 1.29 is 18.7 Å². The summed E-state index contributed by atoms with van der Waals surface area (Å²) in [6, 6.07) is 12.1. The van der Waals surface area contributed by atoms with Crippen molar-refractivity contribution in [2.75, 3.05) is 19.5 Å². The smallest absolute Gasteiger partial charge is 0.322 e. The zero-order valence-electron chi connectivity index (χ0n) is 13.4. The minimum Gasteiger partial charge on any atom is -0.497 e. The molecule has 0 bridgehead atoms. The van der Waals surface area contributed by atoms with Gasteiger partial charge in [-0.05, 0) is 42.5 Å². The highest BCUT2D eigenvalue weighted by molar-refractivity contribution is 9.10. The lowest BCUT2D eigenvalue weighted by Crippen LogP contribution is -2.11. The lowest BCUT2D eigenvalue weighted by atomic mass is 10.2. The monoisotopic (exact) mass is 403 g/mol. The second-order valence-corrected chi connectivity index (χ2v) is 5.86. The Balaban J connectivity index is 1.83. The van der Waals surface area contributed by atoms with Crippen LogP contribution < -0.4 is 14.8 Å². The van der Waals surface area contributed by atoms with Crippen LogP contribution in [0.25, 0.3) is 11.5 Å². The summed E-state index contributed by atoms with van der Waals surface area (Å²) in [4.78, 5) is 12.2. The number of methoxy groups -OCH3 is 2. The van der Waals surface area contributed by atoms with Crippen molar-refractivity contribution >= 4 is 27.9 Å². The molecule has 0 atom stereocenters. The molecule has 25 heavy (non-hydrogen) atoms. The molecule has 0 aliphatic carbocycles. The predicted octanol–water partition coefficient (Wildman–Crippen LogP) is 3.77. The fraction of sp³-hybridized carbons (Fsp3) is 0.118. The second-order valence-electron chi connectivity index (χ2n) is 4.94. The van der Waals surface area contributed by atoms with Crippen LogP contribution in [0.3, 0.4) is 0 Å². The number of nitrogens with one attached hydrogen (secondary N) is 1. The number of rotatable bonds is 5. The molecule has 1 heterocycles. The average molecular weight is 404 g/mol. The molecule has 0 saturated carbocycles. The first-order chi connectivity index (χ1) is 12.1. The highest BCUT2D eigenvalue weighted by atomic mass is 79.9. The van der Waals surface area contributed by atoms with Crippen molar-refractivity contribution in [3.63, 3.8) is 0 Å². The SMILES string of the molecule is COc1ccc(OC)c(-c2nnc(NC(=O)c3ccc(Br)cc3)o2)c1. The molecule has 128 valence electrons. The zero-order chi connectivity index (χ0) is 17.8. The van der Waals surface area contributed by atoms with E-state index >= 15 is 0 Å². The first kappa shape index (κ1) is 17.0. The molecule has 3 rings (SSSR count). The normalized spacial score (nSPS) is 10.4. The van der Waals surface area contributed by atoms with Crippen LogP contribution in [0, 0.1) is 0 Å². The van der Waals surface area contributed by atoms with Crippen LogP contribution in [-0.2, 0) is 0 Å². The highest BCUT2D eigenvalue weighted by Gasteiger charge is 2.16. The molecule has 1 amide bonds. The van der Waals surface area contributed by atoms with Crippen LogP contribution in [0.5, 0.6) is 11.5 Å². The summed E-state index contributed by atoms with van der Waals surface area (Å²) in [6.45, 7) is 0.